The summed E-state index contributed by atoms with van der Waals surface area (Å²) in [5.41, 5.74) is 3.19. The van der Waals surface area contributed by atoms with Crippen LogP contribution in [-0.2, 0) is 16.8 Å². The molecule has 0 aliphatic carbocycles. The van der Waals surface area contributed by atoms with Crippen LogP contribution in [0.5, 0.6) is 0 Å². The van der Waals surface area contributed by atoms with Crippen molar-refractivity contribution in [1.82, 2.24) is 15.1 Å². The topological polar surface area (TPSA) is 67.2 Å². The lowest BCUT2D eigenvalue weighted by atomic mass is 9.86. The zero-order valence-corrected chi connectivity index (χ0v) is 14.9. The third-order valence-electron chi connectivity index (χ3n) is 3.98. The van der Waals surface area contributed by atoms with Crippen molar-refractivity contribution in [2.45, 2.75) is 52.2 Å². The summed E-state index contributed by atoms with van der Waals surface area (Å²) in [6.45, 7) is 9.17. The Morgan fingerprint density at radius 3 is 2.50 bits per heavy atom. The average molecular weight is 329 g/mol. The van der Waals surface area contributed by atoms with E-state index in [1.54, 1.807) is 10.9 Å². The Kier molecular flexibility index (Phi) is 5.78. The van der Waals surface area contributed by atoms with Crippen molar-refractivity contribution in [3.8, 4) is 0 Å². The number of rotatable bonds is 6. The SMILES string of the molecule is Cc1cnn(CCC(=O)NCC(O)c2ccc(C(C)(C)C)cc2)c1. The summed E-state index contributed by atoms with van der Waals surface area (Å²) in [7, 11) is 0. The molecule has 0 radical (unpaired) electrons. The summed E-state index contributed by atoms with van der Waals surface area (Å²) in [6.07, 6.45) is 3.31. The van der Waals surface area contributed by atoms with Crippen molar-refractivity contribution < 1.29 is 9.90 Å². The molecule has 0 bridgehead atoms. The minimum atomic E-state index is -0.699. The van der Waals surface area contributed by atoms with Gasteiger partial charge < -0.3 is 10.4 Å². The largest absolute Gasteiger partial charge is 0.387 e. The van der Waals surface area contributed by atoms with Crippen LogP contribution in [0.1, 0.15) is 50.0 Å². The molecule has 0 aliphatic heterocycles. The maximum absolute atomic E-state index is 11.9. The molecule has 1 aromatic carbocycles. The Morgan fingerprint density at radius 1 is 1.29 bits per heavy atom. The molecule has 0 saturated heterocycles. The van der Waals surface area contributed by atoms with Crippen LogP contribution in [0.4, 0.5) is 0 Å². The van der Waals surface area contributed by atoms with Gasteiger partial charge in [-0.25, -0.2) is 0 Å². The number of amides is 1. The first-order valence-corrected chi connectivity index (χ1v) is 8.30. The summed E-state index contributed by atoms with van der Waals surface area (Å²) < 4.78 is 1.75. The minimum absolute atomic E-state index is 0.0859. The standard InChI is InChI=1S/C19H27N3O2/c1-14-11-21-22(13-14)10-9-18(24)20-12-17(23)15-5-7-16(8-6-15)19(2,3)4/h5-8,11,13,17,23H,9-10,12H2,1-4H3,(H,20,24). The van der Waals surface area contributed by atoms with E-state index < -0.39 is 6.10 Å². The number of aryl methyl sites for hydroxylation is 2. The maximum Gasteiger partial charge on any atom is 0.221 e. The smallest absolute Gasteiger partial charge is 0.221 e. The predicted octanol–water partition coefficient (Wildman–Crippen LogP) is 2.73. The van der Waals surface area contributed by atoms with Crippen molar-refractivity contribution in [2.24, 2.45) is 0 Å². The lowest BCUT2D eigenvalue weighted by molar-refractivity contribution is -0.121. The van der Waals surface area contributed by atoms with Gasteiger partial charge in [-0.05, 0) is 29.0 Å². The van der Waals surface area contributed by atoms with E-state index in [0.717, 1.165) is 11.1 Å². The lowest BCUT2D eigenvalue weighted by Gasteiger charge is -2.20. The van der Waals surface area contributed by atoms with Crippen molar-refractivity contribution in [3.63, 3.8) is 0 Å². The zero-order chi connectivity index (χ0) is 17.7. The molecule has 0 aliphatic rings. The quantitative estimate of drug-likeness (QED) is 0.856. The van der Waals surface area contributed by atoms with Gasteiger partial charge in [-0.15, -0.1) is 0 Å². The summed E-state index contributed by atoms with van der Waals surface area (Å²) in [6, 6.07) is 7.90. The molecule has 5 nitrogen and oxygen atoms in total. The minimum Gasteiger partial charge on any atom is -0.387 e. The summed E-state index contributed by atoms with van der Waals surface area (Å²) in [4.78, 5) is 11.9. The first-order valence-electron chi connectivity index (χ1n) is 8.30. The Labute approximate surface area is 143 Å². The molecule has 2 rings (SSSR count). The van der Waals surface area contributed by atoms with Crippen LogP contribution in [0.25, 0.3) is 0 Å². The van der Waals surface area contributed by atoms with Crippen LogP contribution >= 0.6 is 0 Å². The molecule has 0 spiro atoms. The number of benzene rings is 1. The van der Waals surface area contributed by atoms with Crippen LogP contribution in [0, 0.1) is 6.92 Å². The van der Waals surface area contributed by atoms with E-state index in [0.29, 0.717) is 13.0 Å². The van der Waals surface area contributed by atoms with Gasteiger partial charge in [0.25, 0.3) is 0 Å². The molecule has 1 atom stereocenters. The van der Waals surface area contributed by atoms with Gasteiger partial charge in [-0.3, -0.25) is 9.48 Å². The second-order valence-electron chi connectivity index (χ2n) is 7.22. The molecular formula is C19H27N3O2. The third kappa shape index (κ3) is 5.20. The predicted molar refractivity (Wildman–Crippen MR) is 94.7 cm³/mol. The monoisotopic (exact) mass is 329 g/mol. The molecule has 0 fully saturated rings. The van der Waals surface area contributed by atoms with Crippen molar-refractivity contribution in [3.05, 3.63) is 53.3 Å². The van der Waals surface area contributed by atoms with Gasteiger partial charge >= 0.3 is 0 Å². The molecule has 0 saturated carbocycles. The first-order chi connectivity index (χ1) is 11.3. The summed E-state index contributed by atoms with van der Waals surface area (Å²) >= 11 is 0. The van der Waals surface area contributed by atoms with Gasteiger partial charge in [0.15, 0.2) is 0 Å². The number of nitrogens with zero attached hydrogens (tertiary/aromatic N) is 2. The molecule has 2 N–H and O–H groups in total. The fourth-order valence-corrected chi connectivity index (χ4v) is 2.43. The Hall–Kier alpha value is -2.14. The highest BCUT2D eigenvalue weighted by Crippen LogP contribution is 2.23. The molecule has 24 heavy (non-hydrogen) atoms. The molecule has 1 heterocycles. The number of hydrogen-bond acceptors (Lipinski definition) is 3. The second-order valence-corrected chi connectivity index (χ2v) is 7.22. The first kappa shape index (κ1) is 18.2. The van der Waals surface area contributed by atoms with Crippen LogP contribution in [0.2, 0.25) is 0 Å². The van der Waals surface area contributed by atoms with Gasteiger partial charge in [0, 0.05) is 25.7 Å². The second kappa shape index (κ2) is 7.62. The molecule has 1 aromatic heterocycles. The zero-order valence-electron chi connectivity index (χ0n) is 14.9. The van der Waals surface area contributed by atoms with E-state index in [9.17, 15) is 9.90 Å². The highest BCUT2D eigenvalue weighted by molar-refractivity contribution is 5.75. The van der Waals surface area contributed by atoms with Crippen molar-refractivity contribution in [1.29, 1.82) is 0 Å². The fraction of sp³-hybridized carbons (Fsp3) is 0.474. The van der Waals surface area contributed by atoms with Crippen LogP contribution < -0.4 is 5.32 Å². The van der Waals surface area contributed by atoms with E-state index in [4.69, 9.17) is 0 Å². The number of aliphatic hydroxyl groups excluding tert-OH is 1. The highest BCUT2D eigenvalue weighted by atomic mass is 16.3. The molecule has 5 heteroatoms. The number of aliphatic hydroxyl groups is 1. The Morgan fingerprint density at radius 2 is 1.96 bits per heavy atom. The van der Waals surface area contributed by atoms with Gasteiger partial charge in [0.05, 0.1) is 12.3 Å². The number of carbonyl (C=O) groups is 1. The third-order valence-corrected chi connectivity index (χ3v) is 3.98. The van der Waals surface area contributed by atoms with E-state index in [-0.39, 0.29) is 17.9 Å². The average Bonchev–Trinajstić information content (AvgIpc) is 2.95. The molecule has 1 amide bonds. The molecule has 1 unspecified atom stereocenters. The van der Waals surface area contributed by atoms with E-state index in [1.165, 1.54) is 5.56 Å². The normalized spacial score (nSPS) is 12.9. The van der Waals surface area contributed by atoms with Crippen molar-refractivity contribution >= 4 is 5.91 Å². The van der Waals surface area contributed by atoms with E-state index in [1.807, 2.05) is 37.4 Å². The van der Waals surface area contributed by atoms with Gasteiger partial charge in [-0.1, -0.05) is 45.0 Å². The Balaban J connectivity index is 1.79. The van der Waals surface area contributed by atoms with Gasteiger partial charge in [0.2, 0.25) is 5.91 Å². The van der Waals surface area contributed by atoms with E-state index in [2.05, 4.69) is 31.2 Å². The summed E-state index contributed by atoms with van der Waals surface area (Å²) in [5, 5.41) is 17.1. The van der Waals surface area contributed by atoms with Crippen molar-refractivity contribution in [2.75, 3.05) is 6.54 Å². The lowest BCUT2D eigenvalue weighted by Crippen LogP contribution is -2.29. The number of hydrogen-bond donors (Lipinski definition) is 2. The molecular weight excluding hydrogens is 302 g/mol. The van der Waals surface area contributed by atoms with Gasteiger partial charge in [0.1, 0.15) is 0 Å². The van der Waals surface area contributed by atoms with Crippen LogP contribution in [-0.4, -0.2) is 27.3 Å². The maximum atomic E-state index is 11.9. The molecule has 130 valence electrons. The summed E-state index contributed by atoms with van der Waals surface area (Å²) in [5.74, 6) is -0.0893. The van der Waals surface area contributed by atoms with Crippen LogP contribution in [0.15, 0.2) is 36.7 Å². The highest BCUT2D eigenvalue weighted by Gasteiger charge is 2.15. The Bertz CT molecular complexity index is 669. The van der Waals surface area contributed by atoms with E-state index >= 15 is 0 Å². The number of aromatic nitrogens is 2. The van der Waals surface area contributed by atoms with Gasteiger partial charge in [-0.2, -0.15) is 5.10 Å². The van der Waals surface area contributed by atoms with Crippen LogP contribution in [0.3, 0.4) is 0 Å². The number of carbonyl (C=O) groups excluding carboxylic acids is 1. The molecule has 2 aromatic rings. The number of nitrogens with one attached hydrogen (secondary N) is 1. The fourth-order valence-electron chi connectivity index (χ4n) is 2.43.